The number of carbonyl (C=O) groups excluding carboxylic acids is 5. The van der Waals surface area contributed by atoms with Crippen molar-refractivity contribution in [2.75, 3.05) is 56.2 Å². The summed E-state index contributed by atoms with van der Waals surface area (Å²) in [6, 6.07) is 13.0. The number of aromatic nitrogens is 3. The van der Waals surface area contributed by atoms with E-state index < -0.39 is 35.4 Å². The average molecular weight is 1010 g/mol. The van der Waals surface area contributed by atoms with Gasteiger partial charge in [-0.25, -0.2) is 15.0 Å². The van der Waals surface area contributed by atoms with Crippen molar-refractivity contribution >= 4 is 64.7 Å². The maximum Gasteiger partial charge on any atom is 0.260 e. The molecular formula is C51H69N13O7S. The van der Waals surface area contributed by atoms with Gasteiger partial charge in [-0.15, -0.1) is 11.3 Å². The molecule has 5 heterocycles. The highest BCUT2D eigenvalue weighted by atomic mass is 32.1. The Morgan fingerprint density at radius 3 is 2.39 bits per heavy atom. The van der Waals surface area contributed by atoms with Gasteiger partial charge in [0.2, 0.25) is 23.6 Å². The molecule has 21 heteroatoms. The third-order valence-electron chi connectivity index (χ3n) is 12.7. The highest BCUT2D eigenvalue weighted by Gasteiger charge is 2.44. The Bertz CT molecular complexity index is 2600. The topological polar surface area (TPSA) is 262 Å². The quantitative estimate of drug-likeness (QED) is 0.0316. The summed E-state index contributed by atoms with van der Waals surface area (Å²) in [6.45, 7) is 15.3. The molecule has 386 valence electrons. The molecule has 0 aliphatic carbocycles. The summed E-state index contributed by atoms with van der Waals surface area (Å²) in [4.78, 5) is 88.6. The first kappa shape index (κ1) is 54.6. The molecule has 0 unspecified atom stereocenters. The van der Waals surface area contributed by atoms with Crippen LogP contribution in [0.25, 0.3) is 10.4 Å². The van der Waals surface area contributed by atoms with Crippen molar-refractivity contribution in [2.24, 2.45) is 5.41 Å². The van der Waals surface area contributed by atoms with Gasteiger partial charge in [0.25, 0.3) is 5.91 Å². The minimum Gasteiger partial charge on any atom is -0.391 e. The van der Waals surface area contributed by atoms with E-state index in [0.717, 1.165) is 33.6 Å². The average Bonchev–Trinajstić information content (AvgIpc) is 4.07. The lowest BCUT2D eigenvalue weighted by Crippen LogP contribution is -2.57. The molecule has 2 aliphatic heterocycles. The van der Waals surface area contributed by atoms with Gasteiger partial charge in [0.15, 0.2) is 5.84 Å². The minimum atomic E-state index is -0.985. The van der Waals surface area contributed by atoms with E-state index in [4.69, 9.17) is 20.5 Å². The number of rotatable bonds is 23. The van der Waals surface area contributed by atoms with Gasteiger partial charge in [0, 0.05) is 77.2 Å². The maximum absolute atomic E-state index is 14.0. The Balaban J connectivity index is 0.929. The van der Waals surface area contributed by atoms with Crippen LogP contribution in [0.15, 0.2) is 54.0 Å². The first-order valence-corrected chi connectivity index (χ1v) is 25.2. The van der Waals surface area contributed by atoms with Crippen LogP contribution in [-0.4, -0.2) is 142 Å². The number of likely N-dealkylation sites (tertiary alicyclic amines) is 1. The highest BCUT2D eigenvalue weighted by Crippen LogP contribution is 2.33. The normalized spacial score (nSPS) is 15.8. The molecule has 0 saturated carbocycles. The molecule has 3 atom stereocenters. The zero-order valence-corrected chi connectivity index (χ0v) is 43.3. The summed E-state index contributed by atoms with van der Waals surface area (Å²) >= 11 is 1.56. The van der Waals surface area contributed by atoms with Gasteiger partial charge in [-0.1, -0.05) is 51.1 Å². The molecule has 0 radical (unpaired) electrons. The molecule has 5 amide bonds. The fourth-order valence-corrected chi connectivity index (χ4v) is 9.14. The van der Waals surface area contributed by atoms with Crippen LogP contribution in [0.5, 0.6) is 0 Å². The fraction of sp³-hybridized carbons (Fsp3) is 0.490. The van der Waals surface area contributed by atoms with E-state index in [1.807, 2.05) is 84.7 Å². The van der Waals surface area contributed by atoms with Crippen LogP contribution in [0.4, 0.5) is 11.6 Å². The number of nitrogens with one attached hydrogen (secondary N) is 6. The first-order chi connectivity index (χ1) is 34.3. The van der Waals surface area contributed by atoms with Gasteiger partial charge in [0.05, 0.1) is 59.5 Å². The Hall–Kier alpha value is -6.68. The van der Waals surface area contributed by atoms with Crippen LogP contribution in [0.1, 0.15) is 99.4 Å². The molecule has 7 N–H and O–H groups in total. The standard InChI is InChI=1S/C51H69N13O7S/c1-9-62(29-52)47(53)38-11-10-12-41(58-38)64-28-37-36(49(64)69)24-42(61(8)31(2)3)59-39(37)26-54-19-20-55-43(66)17-21-71-22-18-44(67)60-46(51(5,6)7)50(70)63-27-35(65)23-40(63)48(68)56-25-33-13-15-34(16-14-33)45-32(4)57-30-72-45/h10-16,24,29-31,35,40,46,52-54,65H,9,17-23,25-28H2,1-8H3,(H,55,66)(H,56,68)(H,60,67)/t35-,40+,46-/m1/s1. The van der Waals surface area contributed by atoms with Crippen LogP contribution < -0.4 is 31.1 Å². The second-order valence-corrected chi connectivity index (χ2v) is 20.1. The predicted molar refractivity (Wildman–Crippen MR) is 277 cm³/mol. The molecule has 20 nitrogen and oxygen atoms in total. The summed E-state index contributed by atoms with van der Waals surface area (Å²) in [5.74, 6) is -0.650. The van der Waals surface area contributed by atoms with Gasteiger partial charge in [0.1, 0.15) is 29.4 Å². The molecule has 6 rings (SSSR count). The number of aliphatic hydroxyl groups is 1. The number of β-amino-alcohol motifs (C(OH)–C–C–N with tert-alkyl or cyclic N) is 1. The van der Waals surface area contributed by atoms with Crippen LogP contribution in [0.2, 0.25) is 0 Å². The molecule has 0 spiro atoms. The number of hydrogen-bond donors (Lipinski definition) is 7. The second kappa shape index (κ2) is 24.6. The van der Waals surface area contributed by atoms with Crippen molar-refractivity contribution in [3.8, 4) is 10.4 Å². The summed E-state index contributed by atoms with van der Waals surface area (Å²) in [7, 11) is 1.92. The zero-order valence-electron chi connectivity index (χ0n) is 42.5. The number of aliphatic hydroxyl groups excluding tert-OH is 1. The number of pyridine rings is 2. The number of aryl methyl sites for hydroxylation is 1. The Labute approximate surface area is 425 Å². The summed E-state index contributed by atoms with van der Waals surface area (Å²) in [6.07, 6.45) is 0.254. The number of ether oxygens (including phenoxy) is 1. The number of fused-ring (bicyclic) bond motifs is 1. The van der Waals surface area contributed by atoms with E-state index in [9.17, 15) is 29.1 Å². The van der Waals surface area contributed by atoms with Gasteiger partial charge in [-0.05, 0) is 62.4 Å². The Kier molecular flexibility index (Phi) is 18.7. The fourth-order valence-electron chi connectivity index (χ4n) is 8.33. The third-order valence-corrected chi connectivity index (χ3v) is 13.7. The van der Waals surface area contributed by atoms with Gasteiger partial charge >= 0.3 is 0 Å². The lowest BCUT2D eigenvalue weighted by atomic mass is 9.85. The highest BCUT2D eigenvalue weighted by molar-refractivity contribution is 7.13. The second-order valence-electron chi connectivity index (χ2n) is 19.3. The van der Waals surface area contributed by atoms with Crippen molar-refractivity contribution in [1.82, 2.24) is 46.0 Å². The number of amidine groups is 1. The number of benzene rings is 1. The van der Waals surface area contributed by atoms with Crippen molar-refractivity contribution < 1.29 is 33.8 Å². The summed E-state index contributed by atoms with van der Waals surface area (Å²) in [5, 5.41) is 38.7. The molecular weight excluding hydrogens is 939 g/mol. The molecule has 1 aromatic carbocycles. The van der Waals surface area contributed by atoms with E-state index in [-0.39, 0.29) is 81.7 Å². The zero-order chi connectivity index (χ0) is 52.3. The van der Waals surface area contributed by atoms with Crippen molar-refractivity contribution in [3.05, 3.63) is 87.8 Å². The Morgan fingerprint density at radius 2 is 1.74 bits per heavy atom. The number of anilines is 2. The number of carbonyl (C=O) groups is 5. The predicted octanol–water partition coefficient (Wildman–Crippen LogP) is 3.98. The van der Waals surface area contributed by atoms with Crippen molar-refractivity contribution in [3.63, 3.8) is 0 Å². The number of nitrogens with zero attached hydrogens (tertiary/aromatic N) is 7. The van der Waals surface area contributed by atoms with Gasteiger partial charge < -0.3 is 45.8 Å². The number of thiazole rings is 1. The molecule has 2 aliphatic rings. The van der Waals surface area contributed by atoms with Crippen LogP contribution >= 0.6 is 11.3 Å². The number of hydrogen-bond acceptors (Lipinski definition) is 15. The maximum atomic E-state index is 14.0. The van der Waals surface area contributed by atoms with E-state index >= 15 is 0 Å². The molecule has 4 aromatic rings. The minimum absolute atomic E-state index is 0.0136. The smallest absolute Gasteiger partial charge is 0.260 e. The number of amides is 5. The molecule has 3 aromatic heterocycles. The van der Waals surface area contributed by atoms with Crippen LogP contribution in [0, 0.1) is 23.2 Å². The Morgan fingerprint density at radius 1 is 1.01 bits per heavy atom. The lowest BCUT2D eigenvalue weighted by molar-refractivity contribution is -0.144. The van der Waals surface area contributed by atoms with Crippen LogP contribution in [-0.2, 0) is 43.5 Å². The van der Waals surface area contributed by atoms with E-state index in [1.165, 1.54) is 9.80 Å². The summed E-state index contributed by atoms with van der Waals surface area (Å²) < 4.78 is 5.63. The van der Waals surface area contributed by atoms with E-state index in [2.05, 4.69) is 31.2 Å². The van der Waals surface area contributed by atoms with Gasteiger partial charge in [-0.3, -0.25) is 39.7 Å². The van der Waals surface area contributed by atoms with Crippen molar-refractivity contribution in [2.45, 2.75) is 112 Å². The summed E-state index contributed by atoms with van der Waals surface area (Å²) in [5.41, 5.74) is 6.26. The monoisotopic (exact) mass is 1010 g/mol. The van der Waals surface area contributed by atoms with Crippen molar-refractivity contribution in [1.29, 1.82) is 10.8 Å². The van der Waals surface area contributed by atoms with E-state index in [1.54, 1.807) is 46.0 Å². The largest absolute Gasteiger partial charge is 0.391 e. The molecule has 72 heavy (non-hydrogen) atoms. The SMILES string of the molecule is CCN(C=N)C(=N)c1cccc(N2Cc3c(cc(N(C)C(C)C)nc3CNCCNC(=O)CCOCCC(=O)N[C@H](C(=O)N3C[C@H](O)C[C@H]3C(=O)NCc3ccc(-c4scnc4C)cc3)C(C)(C)C)C2=O)n1. The van der Waals surface area contributed by atoms with Crippen LogP contribution in [0.3, 0.4) is 0 Å². The molecule has 1 saturated heterocycles. The molecule has 1 fully saturated rings. The van der Waals surface area contributed by atoms with E-state index in [0.29, 0.717) is 54.8 Å². The van der Waals surface area contributed by atoms with Gasteiger partial charge in [-0.2, -0.15) is 0 Å². The first-order valence-electron chi connectivity index (χ1n) is 24.3. The molecule has 0 bridgehead atoms. The lowest BCUT2D eigenvalue weighted by Gasteiger charge is -2.35. The third kappa shape index (κ3) is 13.6.